The van der Waals surface area contributed by atoms with Gasteiger partial charge in [-0.3, -0.25) is 9.59 Å². The first kappa shape index (κ1) is 25.4. The quantitative estimate of drug-likeness (QED) is 0.330. The summed E-state index contributed by atoms with van der Waals surface area (Å²) in [6, 6.07) is 13.2. The van der Waals surface area contributed by atoms with E-state index in [-0.39, 0.29) is 24.9 Å². The van der Waals surface area contributed by atoms with Crippen molar-refractivity contribution in [1.82, 2.24) is 4.90 Å². The van der Waals surface area contributed by atoms with Gasteiger partial charge in [0.05, 0.1) is 25.3 Å². The largest absolute Gasteiger partial charge is 0.497 e. The number of furan rings is 1. The molecule has 1 amide bonds. The third-order valence-corrected chi connectivity index (χ3v) is 7.04. The average Bonchev–Trinajstić information content (AvgIpc) is 3.28. The zero-order chi connectivity index (χ0) is 25.7. The Kier molecular flexibility index (Phi) is 8.03. The van der Waals surface area contributed by atoms with Gasteiger partial charge in [0.2, 0.25) is 0 Å². The third-order valence-electron chi connectivity index (χ3n) is 7.04. The van der Waals surface area contributed by atoms with Gasteiger partial charge < -0.3 is 29.8 Å². The third kappa shape index (κ3) is 5.58. The molecule has 0 aliphatic heterocycles. The summed E-state index contributed by atoms with van der Waals surface area (Å²) in [5, 5.41) is 16.9. The Morgan fingerprint density at radius 2 is 1.86 bits per heavy atom. The summed E-state index contributed by atoms with van der Waals surface area (Å²) in [5.41, 5.74) is 3.19. The molecule has 1 heterocycles. The predicted molar refractivity (Wildman–Crippen MR) is 141 cm³/mol. The molecule has 1 unspecified atom stereocenters. The number of carbonyl (C=O) groups is 2. The standard InChI is InChI=1S/C28H35N3O5/c1-29-26-22-17-21(35-3)13-14-23(22)36-27(26)25(18-7-5-4-6-8-18)30-20-11-9-19(10-12-20)28(34)31(2)16-15-24(32)33/h9-14,17-18,25,29-30H,4-8,15-16H2,1-3H3,(H,32,33). The minimum Gasteiger partial charge on any atom is -0.497 e. The zero-order valence-corrected chi connectivity index (χ0v) is 21.2. The molecule has 8 nitrogen and oxygen atoms in total. The van der Waals surface area contributed by atoms with Crippen LogP contribution in [0.25, 0.3) is 11.0 Å². The molecule has 36 heavy (non-hydrogen) atoms. The maximum Gasteiger partial charge on any atom is 0.305 e. The summed E-state index contributed by atoms with van der Waals surface area (Å²) in [7, 11) is 5.19. The number of carboxylic acids is 1. The fraction of sp³-hybridized carbons (Fsp3) is 0.429. The summed E-state index contributed by atoms with van der Waals surface area (Å²) in [5.74, 6) is 0.948. The SMILES string of the molecule is CNc1c(C(Nc2ccc(C(=O)N(C)CCC(=O)O)cc2)C2CCCCC2)oc2ccc(OC)cc12. The van der Waals surface area contributed by atoms with Crippen molar-refractivity contribution in [3.8, 4) is 5.75 Å². The van der Waals surface area contributed by atoms with Crippen molar-refractivity contribution in [1.29, 1.82) is 0 Å². The van der Waals surface area contributed by atoms with Gasteiger partial charge in [-0.05, 0) is 61.2 Å². The van der Waals surface area contributed by atoms with E-state index in [2.05, 4.69) is 10.6 Å². The van der Waals surface area contributed by atoms with Crippen molar-refractivity contribution in [3.05, 3.63) is 53.8 Å². The molecule has 1 fully saturated rings. The van der Waals surface area contributed by atoms with Gasteiger partial charge in [0, 0.05) is 37.3 Å². The molecule has 1 aliphatic carbocycles. The maximum absolute atomic E-state index is 12.7. The van der Waals surface area contributed by atoms with Gasteiger partial charge in [-0.2, -0.15) is 0 Å². The van der Waals surface area contributed by atoms with Crippen molar-refractivity contribution >= 4 is 34.2 Å². The average molecular weight is 494 g/mol. The highest BCUT2D eigenvalue weighted by Gasteiger charge is 2.31. The number of ether oxygens (including phenoxy) is 1. The van der Waals surface area contributed by atoms with Crippen LogP contribution in [0.15, 0.2) is 46.9 Å². The van der Waals surface area contributed by atoms with Crippen LogP contribution in [-0.4, -0.2) is 49.6 Å². The van der Waals surface area contributed by atoms with E-state index in [1.165, 1.54) is 24.2 Å². The lowest BCUT2D eigenvalue weighted by molar-refractivity contribution is -0.137. The molecule has 0 bridgehead atoms. The molecular weight excluding hydrogens is 458 g/mol. The first-order chi connectivity index (χ1) is 17.4. The first-order valence-electron chi connectivity index (χ1n) is 12.5. The molecule has 8 heteroatoms. The van der Waals surface area contributed by atoms with Crippen LogP contribution < -0.4 is 15.4 Å². The van der Waals surface area contributed by atoms with Gasteiger partial charge in [0.1, 0.15) is 11.3 Å². The summed E-state index contributed by atoms with van der Waals surface area (Å²) < 4.78 is 11.9. The van der Waals surface area contributed by atoms with Crippen molar-refractivity contribution in [2.75, 3.05) is 38.4 Å². The highest BCUT2D eigenvalue weighted by atomic mass is 16.5. The van der Waals surface area contributed by atoms with Crippen LogP contribution in [0.2, 0.25) is 0 Å². The fourth-order valence-corrected chi connectivity index (χ4v) is 5.04. The van der Waals surface area contributed by atoms with Gasteiger partial charge in [0.25, 0.3) is 5.91 Å². The normalized spacial score (nSPS) is 14.9. The smallest absolute Gasteiger partial charge is 0.305 e. The number of nitrogens with zero attached hydrogens (tertiary/aromatic N) is 1. The Balaban J connectivity index is 1.61. The number of fused-ring (bicyclic) bond motifs is 1. The second kappa shape index (κ2) is 11.4. The number of anilines is 2. The van der Waals surface area contributed by atoms with Crippen LogP contribution >= 0.6 is 0 Å². The number of benzene rings is 2. The molecular formula is C28H35N3O5. The fourth-order valence-electron chi connectivity index (χ4n) is 5.04. The van der Waals surface area contributed by atoms with E-state index < -0.39 is 5.97 Å². The van der Waals surface area contributed by atoms with Gasteiger partial charge in [-0.25, -0.2) is 0 Å². The molecule has 2 aromatic carbocycles. The molecule has 3 N–H and O–H groups in total. The molecule has 3 aromatic rings. The van der Waals surface area contributed by atoms with Crippen molar-refractivity contribution < 1.29 is 23.8 Å². The summed E-state index contributed by atoms with van der Waals surface area (Å²) in [6.45, 7) is 0.168. The lowest BCUT2D eigenvalue weighted by Crippen LogP contribution is -2.29. The van der Waals surface area contributed by atoms with E-state index in [4.69, 9.17) is 14.3 Å². The number of rotatable bonds is 10. The van der Waals surface area contributed by atoms with E-state index >= 15 is 0 Å². The van der Waals surface area contributed by atoms with Crippen LogP contribution in [0.3, 0.4) is 0 Å². The van der Waals surface area contributed by atoms with E-state index in [1.807, 2.05) is 37.4 Å². The van der Waals surface area contributed by atoms with Crippen LogP contribution in [0, 0.1) is 5.92 Å². The number of hydrogen-bond donors (Lipinski definition) is 3. The number of carbonyl (C=O) groups excluding carboxylic acids is 1. The number of hydrogen-bond acceptors (Lipinski definition) is 6. The van der Waals surface area contributed by atoms with Crippen LogP contribution in [0.5, 0.6) is 5.75 Å². The molecule has 0 radical (unpaired) electrons. The predicted octanol–water partition coefficient (Wildman–Crippen LogP) is 5.76. The minimum atomic E-state index is -0.923. The Morgan fingerprint density at radius 1 is 1.14 bits per heavy atom. The highest BCUT2D eigenvalue weighted by molar-refractivity contribution is 5.95. The van der Waals surface area contributed by atoms with E-state index in [9.17, 15) is 9.59 Å². The summed E-state index contributed by atoms with van der Waals surface area (Å²) in [6.07, 6.45) is 5.80. The lowest BCUT2D eigenvalue weighted by Gasteiger charge is -2.31. The number of nitrogens with one attached hydrogen (secondary N) is 2. The molecule has 0 saturated heterocycles. The van der Waals surface area contributed by atoms with E-state index in [0.29, 0.717) is 11.5 Å². The van der Waals surface area contributed by atoms with Gasteiger partial charge in [0.15, 0.2) is 5.76 Å². The Labute approximate surface area is 211 Å². The van der Waals surface area contributed by atoms with Crippen LogP contribution in [-0.2, 0) is 4.79 Å². The van der Waals surface area contributed by atoms with Crippen LogP contribution in [0.1, 0.15) is 60.7 Å². The highest BCUT2D eigenvalue weighted by Crippen LogP contribution is 2.44. The second-order valence-electron chi connectivity index (χ2n) is 9.42. The number of amides is 1. The maximum atomic E-state index is 12.7. The molecule has 4 rings (SSSR count). The number of carboxylic acid groups (broad SMARTS) is 1. The molecule has 1 aliphatic rings. The van der Waals surface area contributed by atoms with Crippen LogP contribution in [0.4, 0.5) is 11.4 Å². The van der Waals surface area contributed by atoms with E-state index in [1.54, 1.807) is 26.3 Å². The first-order valence-corrected chi connectivity index (χ1v) is 12.5. The molecule has 0 spiro atoms. The minimum absolute atomic E-state index is 0.0362. The van der Waals surface area contributed by atoms with Gasteiger partial charge in [-0.15, -0.1) is 0 Å². The van der Waals surface area contributed by atoms with Gasteiger partial charge >= 0.3 is 5.97 Å². The lowest BCUT2D eigenvalue weighted by atomic mass is 9.82. The Morgan fingerprint density at radius 3 is 2.50 bits per heavy atom. The summed E-state index contributed by atoms with van der Waals surface area (Å²) >= 11 is 0. The molecule has 1 aromatic heterocycles. The Hall–Kier alpha value is -3.68. The topological polar surface area (TPSA) is 104 Å². The van der Waals surface area contributed by atoms with Gasteiger partial charge in [-0.1, -0.05) is 19.3 Å². The second-order valence-corrected chi connectivity index (χ2v) is 9.42. The summed E-state index contributed by atoms with van der Waals surface area (Å²) in [4.78, 5) is 24.9. The molecule has 192 valence electrons. The van der Waals surface area contributed by atoms with Crippen molar-refractivity contribution in [2.45, 2.75) is 44.6 Å². The molecule has 1 atom stereocenters. The zero-order valence-electron chi connectivity index (χ0n) is 21.2. The molecule has 1 saturated carbocycles. The van der Waals surface area contributed by atoms with E-state index in [0.717, 1.165) is 46.7 Å². The van der Waals surface area contributed by atoms with Crippen molar-refractivity contribution in [3.63, 3.8) is 0 Å². The Bertz CT molecular complexity index is 1200. The number of aliphatic carboxylic acids is 1. The van der Waals surface area contributed by atoms with Crippen molar-refractivity contribution in [2.24, 2.45) is 5.92 Å². The number of methoxy groups -OCH3 is 1. The monoisotopic (exact) mass is 493 g/mol.